The summed E-state index contributed by atoms with van der Waals surface area (Å²) in [6, 6.07) is 18.6. The monoisotopic (exact) mass is 540 g/mol. The summed E-state index contributed by atoms with van der Waals surface area (Å²) in [5.74, 6) is 0.925. The van der Waals surface area contributed by atoms with Crippen LogP contribution in [-0.4, -0.2) is 71.0 Å². The number of para-hydroxylation sites is 2. The molecule has 0 unspecified atom stereocenters. The zero-order valence-electron chi connectivity index (χ0n) is 23.6. The van der Waals surface area contributed by atoms with Gasteiger partial charge in [-0.15, -0.1) is 0 Å². The minimum atomic E-state index is -0.106. The Balaban J connectivity index is 1.46. The largest absolute Gasteiger partial charge is 0.487 e. The predicted molar refractivity (Wildman–Crippen MR) is 158 cm³/mol. The van der Waals surface area contributed by atoms with Gasteiger partial charge in [0.25, 0.3) is 11.8 Å². The van der Waals surface area contributed by atoms with Crippen molar-refractivity contribution in [2.24, 2.45) is 0 Å². The van der Waals surface area contributed by atoms with Gasteiger partial charge in [-0.2, -0.15) is 0 Å². The Morgan fingerprint density at radius 2 is 1.05 bits per heavy atom. The van der Waals surface area contributed by atoms with Gasteiger partial charge in [0.2, 0.25) is 0 Å². The molecule has 0 fully saturated rings. The molecular formula is C32H36N4O4. The van der Waals surface area contributed by atoms with E-state index in [1.165, 1.54) is 0 Å². The lowest BCUT2D eigenvalue weighted by atomic mass is 10.1. The summed E-state index contributed by atoms with van der Waals surface area (Å²) in [7, 11) is 0. The molecule has 0 atom stereocenters. The summed E-state index contributed by atoms with van der Waals surface area (Å²) in [6.45, 7) is 14.8. The van der Waals surface area contributed by atoms with Gasteiger partial charge >= 0.3 is 0 Å². The molecular weight excluding hydrogens is 504 g/mol. The number of nitrogens with zero attached hydrogens (tertiary/aromatic N) is 4. The summed E-state index contributed by atoms with van der Waals surface area (Å²) in [4.78, 5) is 38.4. The van der Waals surface area contributed by atoms with E-state index in [1.807, 2.05) is 76.2 Å². The summed E-state index contributed by atoms with van der Waals surface area (Å²) in [5, 5.41) is 1.76. The average molecular weight is 541 g/mol. The van der Waals surface area contributed by atoms with Gasteiger partial charge in [0.15, 0.2) is 0 Å². The van der Waals surface area contributed by atoms with Crippen molar-refractivity contribution in [3.63, 3.8) is 0 Å². The number of carbonyl (C=O) groups is 2. The summed E-state index contributed by atoms with van der Waals surface area (Å²) >= 11 is 0. The minimum absolute atomic E-state index is 0.106. The number of pyridine rings is 2. The van der Waals surface area contributed by atoms with E-state index >= 15 is 0 Å². The molecule has 0 aliphatic rings. The van der Waals surface area contributed by atoms with Crippen molar-refractivity contribution in [2.75, 3.05) is 39.4 Å². The first-order valence-electron chi connectivity index (χ1n) is 13.7. The van der Waals surface area contributed by atoms with Gasteiger partial charge in [-0.25, -0.2) is 9.97 Å². The number of amides is 2. The second-order valence-corrected chi connectivity index (χ2v) is 9.33. The Morgan fingerprint density at radius 1 is 0.650 bits per heavy atom. The Labute approximate surface area is 235 Å². The van der Waals surface area contributed by atoms with Gasteiger partial charge in [0.1, 0.15) is 47.1 Å². The zero-order chi connectivity index (χ0) is 28.6. The molecule has 8 nitrogen and oxygen atoms in total. The quantitative estimate of drug-likeness (QED) is 0.212. The third-order valence-electron chi connectivity index (χ3n) is 6.77. The molecule has 0 N–H and O–H groups in total. The number of benzene rings is 2. The summed E-state index contributed by atoms with van der Waals surface area (Å²) in [6.07, 6.45) is 0. The lowest BCUT2D eigenvalue weighted by molar-refractivity contribution is 0.0760. The van der Waals surface area contributed by atoms with E-state index < -0.39 is 0 Å². The number of hydrogen-bond acceptors (Lipinski definition) is 6. The van der Waals surface area contributed by atoms with Gasteiger partial charge in [-0.1, -0.05) is 43.0 Å². The molecule has 0 radical (unpaired) electrons. The van der Waals surface area contributed by atoms with Crippen LogP contribution in [0.5, 0.6) is 11.5 Å². The summed E-state index contributed by atoms with van der Waals surface area (Å²) < 4.78 is 12.1. The zero-order valence-corrected chi connectivity index (χ0v) is 23.6. The van der Waals surface area contributed by atoms with Gasteiger partial charge in [0, 0.05) is 37.0 Å². The van der Waals surface area contributed by atoms with Crippen molar-refractivity contribution >= 4 is 33.6 Å². The van der Waals surface area contributed by atoms with Crippen LogP contribution in [0.3, 0.4) is 0 Å². The minimum Gasteiger partial charge on any atom is -0.487 e. The van der Waals surface area contributed by atoms with E-state index in [2.05, 4.69) is 16.5 Å². The number of fused-ring (bicyclic) bond motifs is 2. The van der Waals surface area contributed by atoms with Gasteiger partial charge in [0.05, 0.1) is 0 Å². The third-order valence-corrected chi connectivity index (χ3v) is 6.77. The van der Waals surface area contributed by atoms with Crippen LogP contribution in [0.25, 0.3) is 21.8 Å². The van der Waals surface area contributed by atoms with E-state index in [9.17, 15) is 9.59 Å². The maximum atomic E-state index is 12.8. The van der Waals surface area contributed by atoms with Crippen molar-refractivity contribution in [1.29, 1.82) is 0 Å². The maximum absolute atomic E-state index is 12.8. The molecule has 2 aromatic carbocycles. The molecule has 2 aromatic heterocycles. The molecule has 4 rings (SSSR count). The number of carbonyl (C=O) groups excluding carboxylic acids is 2. The SMILES string of the molecule is C=C(COc1cccc2ccc(C(=O)N(CC)CC)nc12)COc1cccc2ccc(C(=O)N(CC)CC)nc12. The van der Waals surface area contributed by atoms with Crippen LogP contribution in [0, 0.1) is 0 Å². The predicted octanol–water partition coefficient (Wildman–Crippen LogP) is 5.76. The number of aromatic nitrogens is 2. The molecule has 0 saturated heterocycles. The molecule has 0 aliphatic heterocycles. The molecule has 208 valence electrons. The number of ether oxygens (including phenoxy) is 2. The molecule has 0 spiro atoms. The Morgan fingerprint density at radius 3 is 1.43 bits per heavy atom. The van der Waals surface area contributed by atoms with Gasteiger partial charge < -0.3 is 19.3 Å². The normalized spacial score (nSPS) is 10.9. The van der Waals surface area contributed by atoms with Crippen LogP contribution >= 0.6 is 0 Å². The molecule has 40 heavy (non-hydrogen) atoms. The van der Waals surface area contributed by atoms with Crippen molar-refractivity contribution in [2.45, 2.75) is 27.7 Å². The maximum Gasteiger partial charge on any atom is 0.272 e. The molecule has 2 amide bonds. The average Bonchev–Trinajstić information content (AvgIpc) is 2.99. The first-order chi connectivity index (χ1) is 19.4. The van der Waals surface area contributed by atoms with E-state index in [0.717, 1.165) is 10.8 Å². The van der Waals surface area contributed by atoms with Crippen molar-refractivity contribution in [1.82, 2.24) is 19.8 Å². The molecule has 2 heterocycles. The van der Waals surface area contributed by atoms with Crippen LogP contribution in [0.1, 0.15) is 48.7 Å². The van der Waals surface area contributed by atoms with Crippen molar-refractivity contribution in [3.05, 3.63) is 84.2 Å². The van der Waals surface area contributed by atoms with Crippen LogP contribution in [0.4, 0.5) is 0 Å². The lowest BCUT2D eigenvalue weighted by Crippen LogP contribution is -2.31. The van der Waals surface area contributed by atoms with Crippen molar-refractivity contribution < 1.29 is 19.1 Å². The number of hydrogen-bond donors (Lipinski definition) is 0. The Bertz CT molecular complexity index is 1410. The fourth-order valence-corrected chi connectivity index (χ4v) is 4.46. The highest BCUT2D eigenvalue weighted by Gasteiger charge is 2.17. The van der Waals surface area contributed by atoms with E-state index in [0.29, 0.717) is 65.7 Å². The van der Waals surface area contributed by atoms with E-state index in [-0.39, 0.29) is 25.0 Å². The summed E-state index contributed by atoms with van der Waals surface area (Å²) in [5.41, 5.74) is 2.73. The molecule has 0 saturated carbocycles. The second-order valence-electron chi connectivity index (χ2n) is 9.33. The first kappa shape index (κ1) is 28.5. The van der Waals surface area contributed by atoms with E-state index in [1.54, 1.807) is 21.9 Å². The molecule has 4 aromatic rings. The highest BCUT2D eigenvalue weighted by molar-refractivity contribution is 5.97. The highest BCUT2D eigenvalue weighted by atomic mass is 16.5. The van der Waals surface area contributed by atoms with Crippen molar-refractivity contribution in [3.8, 4) is 11.5 Å². The first-order valence-corrected chi connectivity index (χ1v) is 13.7. The second kappa shape index (κ2) is 13.1. The standard InChI is InChI=1S/C32H36N4O4/c1-6-35(7-2)31(37)25-18-16-23-12-10-14-27(29(23)33-25)39-20-22(5)21-40-28-15-11-13-24-17-19-26(34-30(24)28)32(38)36(8-3)9-4/h10-19H,5-9,20-21H2,1-4H3. The topological polar surface area (TPSA) is 84.9 Å². The van der Waals surface area contributed by atoms with Crippen LogP contribution in [0.15, 0.2) is 72.8 Å². The van der Waals surface area contributed by atoms with Crippen LogP contribution in [-0.2, 0) is 0 Å². The van der Waals surface area contributed by atoms with Gasteiger partial charge in [-0.05, 0) is 57.5 Å². The highest BCUT2D eigenvalue weighted by Crippen LogP contribution is 2.27. The third kappa shape index (κ3) is 6.22. The molecule has 8 heteroatoms. The fraction of sp³-hybridized carbons (Fsp3) is 0.312. The Hall–Kier alpha value is -4.46. The Kier molecular flexibility index (Phi) is 9.32. The van der Waals surface area contributed by atoms with Crippen LogP contribution in [0.2, 0.25) is 0 Å². The van der Waals surface area contributed by atoms with Crippen LogP contribution < -0.4 is 9.47 Å². The van der Waals surface area contributed by atoms with E-state index in [4.69, 9.17) is 9.47 Å². The number of rotatable bonds is 12. The fourth-order valence-electron chi connectivity index (χ4n) is 4.46. The van der Waals surface area contributed by atoms with Gasteiger partial charge in [-0.3, -0.25) is 9.59 Å². The molecule has 0 bridgehead atoms. The smallest absolute Gasteiger partial charge is 0.272 e. The molecule has 0 aliphatic carbocycles. The lowest BCUT2D eigenvalue weighted by Gasteiger charge is -2.18.